The van der Waals surface area contributed by atoms with Gasteiger partial charge in [0.1, 0.15) is 0 Å². The van der Waals surface area contributed by atoms with Crippen LogP contribution in [-0.4, -0.2) is 0 Å². The number of nitrogens with two attached hydrogens (primary N) is 1. The van der Waals surface area contributed by atoms with Crippen LogP contribution in [0.5, 0.6) is 0 Å². The summed E-state index contributed by atoms with van der Waals surface area (Å²) in [6, 6.07) is 26.8. The highest BCUT2D eigenvalue weighted by molar-refractivity contribution is 5.89. The van der Waals surface area contributed by atoms with Crippen LogP contribution in [0.1, 0.15) is 0 Å². The third-order valence-corrected chi connectivity index (χ3v) is 3.38. The number of benzene rings is 3. The molecule has 0 aromatic heterocycles. The van der Waals surface area contributed by atoms with Crippen molar-refractivity contribution >= 4 is 5.69 Å². The molecule has 3 aromatic carbocycles. The minimum absolute atomic E-state index is 0.927. The van der Waals surface area contributed by atoms with Crippen LogP contribution in [0.15, 0.2) is 78.9 Å². The monoisotopic (exact) mass is 260 g/mol. The number of nitrogen functional groups attached to an aromatic ring is 1. The summed E-state index contributed by atoms with van der Waals surface area (Å²) in [5.41, 5.74) is 8.39. The minimum atomic E-state index is 0.927. The van der Waals surface area contributed by atoms with Gasteiger partial charge in [-0.1, -0.05) is 72.8 Å². The highest BCUT2D eigenvalue weighted by atomic mass is 15.2. The van der Waals surface area contributed by atoms with E-state index in [4.69, 9.17) is 5.84 Å². The maximum Gasteiger partial charge on any atom is 0.0563 e. The maximum absolute atomic E-state index is 5.63. The molecule has 0 atom stereocenters. The molecule has 0 radical (unpaired) electrons. The van der Waals surface area contributed by atoms with Crippen molar-refractivity contribution in [3.63, 3.8) is 0 Å². The standard InChI is InChI=1S/C18H16N2/c19-20-18-13-7-6-12-17(18)16-11-5-4-10-15(16)14-8-2-1-3-9-14/h1-13,20H,19H2. The van der Waals surface area contributed by atoms with Crippen LogP contribution in [0.3, 0.4) is 0 Å². The molecule has 3 rings (SSSR count). The molecule has 0 heterocycles. The van der Waals surface area contributed by atoms with Gasteiger partial charge in [0.25, 0.3) is 0 Å². The summed E-state index contributed by atoms with van der Waals surface area (Å²) in [6.45, 7) is 0. The normalized spacial score (nSPS) is 10.2. The second kappa shape index (κ2) is 5.59. The molecule has 0 aliphatic heterocycles. The van der Waals surface area contributed by atoms with Crippen LogP contribution in [0.4, 0.5) is 5.69 Å². The first-order valence-electron chi connectivity index (χ1n) is 6.60. The summed E-state index contributed by atoms with van der Waals surface area (Å²) in [5.74, 6) is 5.63. The Morgan fingerprint density at radius 1 is 0.550 bits per heavy atom. The van der Waals surface area contributed by atoms with E-state index < -0.39 is 0 Å². The molecule has 98 valence electrons. The first kappa shape index (κ1) is 12.5. The zero-order chi connectivity index (χ0) is 13.8. The van der Waals surface area contributed by atoms with Gasteiger partial charge in [-0.25, -0.2) is 0 Å². The fraction of sp³-hybridized carbons (Fsp3) is 0. The topological polar surface area (TPSA) is 38.0 Å². The van der Waals surface area contributed by atoms with Crippen LogP contribution in [-0.2, 0) is 0 Å². The number of rotatable bonds is 3. The van der Waals surface area contributed by atoms with Crippen molar-refractivity contribution in [2.75, 3.05) is 5.43 Å². The molecule has 0 saturated heterocycles. The Balaban J connectivity index is 2.20. The van der Waals surface area contributed by atoms with Crippen molar-refractivity contribution in [3.05, 3.63) is 78.9 Å². The molecule has 0 fully saturated rings. The second-order valence-corrected chi connectivity index (χ2v) is 4.60. The Morgan fingerprint density at radius 2 is 1.10 bits per heavy atom. The van der Waals surface area contributed by atoms with Crippen molar-refractivity contribution in [2.24, 2.45) is 5.84 Å². The summed E-state index contributed by atoms with van der Waals surface area (Å²) in [4.78, 5) is 0. The number of hydrogen-bond acceptors (Lipinski definition) is 2. The predicted molar refractivity (Wildman–Crippen MR) is 85.1 cm³/mol. The van der Waals surface area contributed by atoms with Crippen LogP contribution < -0.4 is 11.3 Å². The van der Waals surface area contributed by atoms with Crippen molar-refractivity contribution < 1.29 is 0 Å². The van der Waals surface area contributed by atoms with E-state index in [1.165, 1.54) is 16.7 Å². The Morgan fingerprint density at radius 3 is 1.80 bits per heavy atom. The molecule has 0 unspecified atom stereocenters. The van der Waals surface area contributed by atoms with Gasteiger partial charge in [0, 0.05) is 5.56 Å². The van der Waals surface area contributed by atoms with Gasteiger partial charge in [0.2, 0.25) is 0 Å². The van der Waals surface area contributed by atoms with Gasteiger partial charge in [-0.3, -0.25) is 5.84 Å². The largest absolute Gasteiger partial charge is 0.324 e. The third-order valence-electron chi connectivity index (χ3n) is 3.38. The number of para-hydroxylation sites is 1. The fourth-order valence-corrected chi connectivity index (χ4v) is 2.43. The minimum Gasteiger partial charge on any atom is -0.324 e. The maximum atomic E-state index is 5.63. The SMILES string of the molecule is NNc1ccccc1-c1ccccc1-c1ccccc1. The van der Waals surface area contributed by atoms with Crippen molar-refractivity contribution in [3.8, 4) is 22.3 Å². The second-order valence-electron chi connectivity index (χ2n) is 4.60. The molecular weight excluding hydrogens is 244 g/mol. The fourth-order valence-electron chi connectivity index (χ4n) is 2.43. The van der Waals surface area contributed by atoms with Crippen LogP contribution in [0.25, 0.3) is 22.3 Å². The molecule has 0 bridgehead atoms. The first-order chi connectivity index (χ1) is 9.90. The van der Waals surface area contributed by atoms with Gasteiger partial charge in [-0.2, -0.15) is 0 Å². The quantitative estimate of drug-likeness (QED) is 0.544. The number of hydrazine groups is 1. The molecule has 0 aliphatic rings. The Labute approximate surface area is 118 Å². The van der Waals surface area contributed by atoms with Crippen LogP contribution in [0, 0.1) is 0 Å². The lowest BCUT2D eigenvalue weighted by Crippen LogP contribution is -2.07. The highest BCUT2D eigenvalue weighted by Gasteiger charge is 2.09. The van der Waals surface area contributed by atoms with Gasteiger partial charge in [0.15, 0.2) is 0 Å². The molecule has 2 nitrogen and oxygen atoms in total. The smallest absolute Gasteiger partial charge is 0.0563 e. The lowest BCUT2D eigenvalue weighted by molar-refractivity contribution is 1.35. The van der Waals surface area contributed by atoms with E-state index in [9.17, 15) is 0 Å². The van der Waals surface area contributed by atoms with Crippen LogP contribution in [0.2, 0.25) is 0 Å². The number of hydrogen-bond donors (Lipinski definition) is 2. The number of anilines is 1. The van der Waals surface area contributed by atoms with E-state index in [-0.39, 0.29) is 0 Å². The van der Waals surface area contributed by atoms with Crippen molar-refractivity contribution in [1.29, 1.82) is 0 Å². The lowest BCUT2D eigenvalue weighted by Gasteiger charge is -2.13. The summed E-state index contributed by atoms with van der Waals surface area (Å²) in [5, 5.41) is 0. The van der Waals surface area contributed by atoms with Crippen molar-refractivity contribution in [1.82, 2.24) is 0 Å². The summed E-state index contributed by atoms with van der Waals surface area (Å²) in [6.07, 6.45) is 0. The zero-order valence-electron chi connectivity index (χ0n) is 11.1. The molecule has 20 heavy (non-hydrogen) atoms. The van der Waals surface area contributed by atoms with Gasteiger partial charge < -0.3 is 5.43 Å². The van der Waals surface area contributed by atoms with E-state index in [1.807, 2.05) is 24.3 Å². The first-order valence-corrected chi connectivity index (χ1v) is 6.60. The van der Waals surface area contributed by atoms with E-state index in [1.54, 1.807) is 0 Å². The molecule has 2 heteroatoms. The predicted octanol–water partition coefficient (Wildman–Crippen LogP) is 4.31. The summed E-state index contributed by atoms with van der Waals surface area (Å²) >= 11 is 0. The molecule has 3 N–H and O–H groups in total. The molecule has 0 saturated carbocycles. The van der Waals surface area contributed by atoms with Gasteiger partial charge in [0.05, 0.1) is 5.69 Å². The Kier molecular flexibility index (Phi) is 3.48. The highest BCUT2D eigenvalue weighted by Crippen LogP contribution is 2.35. The summed E-state index contributed by atoms with van der Waals surface area (Å²) < 4.78 is 0. The molecular formula is C18H16N2. The van der Waals surface area contributed by atoms with Crippen molar-refractivity contribution in [2.45, 2.75) is 0 Å². The van der Waals surface area contributed by atoms with Crippen LogP contribution >= 0.6 is 0 Å². The average Bonchev–Trinajstić information content (AvgIpc) is 2.55. The number of nitrogens with one attached hydrogen (secondary N) is 1. The van der Waals surface area contributed by atoms with E-state index >= 15 is 0 Å². The van der Waals surface area contributed by atoms with Gasteiger partial charge in [-0.05, 0) is 22.8 Å². The van der Waals surface area contributed by atoms with Gasteiger partial charge in [-0.15, -0.1) is 0 Å². The molecule has 3 aromatic rings. The van der Waals surface area contributed by atoms with Gasteiger partial charge >= 0.3 is 0 Å². The summed E-state index contributed by atoms with van der Waals surface area (Å²) in [7, 11) is 0. The molecule has 0 spiro atoms. The Hall–Kier alpha value is -2.58. The third kappa shape index (κ3) is 2.29. The van der Waals surface area contributed by atoms with E-state index in [2.05, 4.69) is 60.0 Å². The average molecular weight is 260 g/mol. The zero-order valence-corrected chi connectivity index (χ0v) is 11.1. The molecule has 0 amide bonds. The Bertz CT molecular complexity index is 705. The van der Waals surface area contributed by atoms with E-state index in [0.717, 1.165) is 11.3 Å². The van der Waals surface area contributed by atoms with E-state index in [0.29, 0.717) is 0 Å². The molecule has 0 aliphatic carbocycles. The lowest BCUT2D eigenvalue weighted by atomic mass is 9.94.